The number of anilines is 1. The lowest BCUT2D eigenvalue weighted by molar-refractivity contribution is -0.119. The van der Waals surface area contributed by atoms with Crippen LogP contribution in [0.2, 0.25) is 5.02 Å². The predicted molar refractivity (Wildman–Crippen MR) is 99.5 cm³/mol. The van der Waals surface area contributed by atoms with Gasteiger partial charge in [0.15, 0.2) is 0 Å². The van der Waals surface area contributed by atoms with Gasteiger partial charge in [0.25, 0.3) is 5.91 Å². The summed E-state index contributed by atoms with van der Waals surface area (Å²) >= 11 is 6.06. The largest absolute Gasteiger partial charge is 0.348 e. The minimum absolute atomic E-state index is 0.00643. The molecule has 1 aliphatic rings. The number of carbonyl (C=O) groups is 2. The number of nitrogens with zero attached hydrogens (tertiary/aromatic N) is 1. The van der Waals surface area contributed by atoms with Crippen molar-refractivity contribution in [2.75, 3.05) is 10.1 Å². The molecular weight excluding hydrogens is 395 g/mol. The number of carbonyl (C=O) groups excluding carboxylic acids is 2. The van der Waals surface area contributed by atoms with Crippen LogP contribution in [0, 0.1) is 11.7 Å². The Kier molecular flexibility index (Phi) is 5.21. The molecule has 9 heteroatoms. The van der Waals surface area contributed by atoms with Crippen molar-refractivity contribution < 1.29 is 22.4 Å². The van der Waals surface area contributed by atoms with Crippen LogP contribution in [0.25, 0.3) is 0 Å². The molecule has 6 nitrogen and oxygen atoms in total. The first-order valence-electron chi connectivity index (χ1n) is 8.08. The number of amides is 2. The Morgan fingerprint density at radius 3 is 2.63 bits per heavy atom. The zero-order valence-electron chi connectivity index (χ0n) is 14.3. The number of hydrogen-bond acceptors (Lipinski definition) is 4. The quantitative estimate of drug-likeness (QED) is 0.840. The lowest BCUT2D eigenvalue weighted by Gasteiger charge is -2.17. The van der Waals surface area contributed by atoms with Crippen LogP contribution in [-0.2, 0) is 21.4 Å². The third kappa shape index (κ3) is 3.81. The molecule has 27 heavy (non-hydrogen) atoms. The van der Waals surface area contributed by atoms with Gasteiger partial charge in [-0.1, -0.05) is 36.7 Å². The van der Waals surface area contributed by atoms with Gasteiger partial charge in [-0.3, -0.25) is 9.59 Å². The zero-order chi connectivity index (χ0) is 19.8. The van der Waals surface area contributed by atoms with Gasteiger partial charge in [-0.25, -0.2) is 17.1 Å². The number of rotatable bonds is 4. The standard InChI is InChI=1S/C18H16ClFN2O4S/c1-11-10-27(25,26)22(18(11)24)13-6-7-15(19)14(8-13)17(23)21-9-12-4-2-3-5-16(12)20/h2-8,11H,9-10H2,1H3,(H,21,23). The van der Waals surface area contributed by atoms with Gasteiger partial charge in [-0.05, 0) is 24.3 Å². The molecule has 1 aliphatic heterocycles. The summed E-state index contributed by atoms with van der Waals surface area (Å²) < 4.78 is 38.8. The molecule has 2 aromatic rings. The third-order valence-electron chi connectivity index (χ3n) is 4.19. The molecule has 1 heterocycles. The van der Waals surface area contributed by atoms with Crippen LogP contribution in [0.15, 0.2) is 42.5 Å². The Morgan fingerprint density at radius 1 is 1.30 bits per heavy atom. The molecule has 2 aromatic carbocycles. The van der Waals surface area contributed by atoms with Gasteiger partial charge in [0, 0.05) is 12.1 Å². The molecule has 1 atom stereocenters. The minimum Gasteiger partial charge on any atom is -0.348 e. The highest BCUT2D eigenvalue weighted by Crippen LogP contribution is 2.31. The number of benzene rings is 2. The number of halogens is 2. The lowest BCUT2D eigenvalue weighted by Crippen LogP contribution is -2.31. The smallest absolute Gasteiger partial charge is 0.253 e. The van der Waals surface area contributed by atoms with Crippen molar-refractivity contribution in [2.45, 2.75) is 13.5 Å². The van der Waals surface area contributed by atoms with E-state index in [0.29, 0.717) is 9.87 Å². The van der Waals surface area contributed by atoms with Crippen LogP contribution in [0.3, 0.4) is 0 Å². The van der Waals surface area contributed by atoms with Gasteiger partial charge in [-0.15, -0.1) is 0 Å². The first kappa shape index (κ1) is 19.3. The maximum atomic E-state index is 13.7. The van der Waals surface area contributed by atoms with E-state index < -0.39 is 33.6 Å². The SMILES string of the molecule is CC1CS(=O)(=O)N(c2ccc(Cl)c(C(=O)NCc3ccccc3F)c2)C1=O. The highest BCUT2D eigenvalue weighted by atomic mass is 35.5. The molecule has 0 saturated carbocycles. The lowest BCUT2D eigenvalue weighted by atomic mass is 10.1. The van der Waals surface area contributed by atoms with Crippen molar-refractivity contribution in [1.29, 1.82) is 0 Å². The minimum atomic E-state index is -3.80. The van der Waals surface area contributed by atoms with Crippen molar-refractivity contribution in [2.24, 2.45) is 5.92 Å². The summed E-state index contributed by atoms with van der Waals surface area (Å²) in [7, 11) is -3.80. The average Bonchev–Trinajstić information content (AvgIpc) is 2.82. The molecule has 0 spiro atoms. The highest BCUT2D eigenvalue weighted by Gasteiger charge is 2.42. The van der Waals surface area contributed by atoms with Crippen LogP contribution >= 0.6 is 11.6 Å². The predicted octanol–water partition coefficient (Wildman–Crippen LogP) is 2.72. The molecular formula is C18H16ClFN2O4S. The molecule has 0 aliphatic carbocycles. The van der Waals surface area contributed by atoms with Gasteiger partial charge < -0.3 is 5.32 Å². The van der Waals surface area contributed by atoms with Crippen LogP contribution in [0.1, 0.15) is 22.8 Å². The van der Waals surface area contributed by atoms with Crippen LogP contribution < -0.4 is 9.62 Å². The summed E-state index contributed by atoms with van der Waals surface area (Å²) in [6.45, 7) is 1.46. The van der Waals surface area contributed by atoms with Crippen LogP contribution in [0.5, 0.6) is 0 Å². The second-order valence-electron chi connectivity index (χ2n) is 6.22. The normalized spacial score (nSPS) is 18.6. The van der Waals surface area contributed by atoms with E-state index >= 15 is 0 Å². The first-order valence-corrected chi connectivity index (χ1v) is 10.1. The van der Waals surface area contributed by atoms with Crippen molar-refractivity contribution in [3.8, 4) is 0 Å². The fourth-order valence-electron chi connectivity index (χ4n) is 2.81. The van der Waals surface area contributed by atoms with Crippen molar-refractivity contribution in [1.82, 2.24) is 5.32 Å². The van der Waals surface area contributed by atoms with E-state index in [9.17, 15) is 22.4 Å². The Morgan fingerprint density at radius 2 is 2.00 bits per heavy atom. The fourth-order valence-corrected chi connectivity index (χ4v) is 4.83. The fraction of sp³-hybridized carbons (Fsp3) is 0.222. The van der Waals surface area contributed by atoms with E-state index in [1.165, 1.54) is 43.3 Å². The maximum Gasteiger partial charge on any atom is 0.253 e. The van der Waals surface area contributed by atoms with E-state index in [4.69, 9.17) is 11.6 Å². The summed E-state index contributed by atoms with van der Waals surface area (Å²) in [5, 5.41) is 2.62. The Labute approximate surface area is 161 Å². The van der Waals surface area contributed by atoms with Gasteiger partial charge in [0.2, 0.25) is 15.9 Å². The van der Waals surface area contributed by atoms with Crippen molar-refractivity contribution in [3.63, 3.8) is 0 Å². The molecule has 2 amide bonds. The van der Waals surface area contributed by atoms with E-state index in [-0.39, 0.29) is 28.6 Å². The van der Waals surface area contributed by atoms with Crippen LogP contribution in [0.4, 0.5) is 10.1 Å². The number of hydrogen-bond donors (Lipinski definition) is 1. The number of nitrogens with one attached hydrogen (secondary N) is 1. The van der Waals surface area contributed by atoms with Crippen molar-refractivity contribution in [3.05, 3.63) is 64.4 Å². The average molecular weight is 411 g/mol. The molecule has 0 bridgehead atoms. The highest BCUT2D eigenvalue weighted by molar-refractivity contribution is 7.94. The third-order valence-corrected chi connectivity index (χ3v) is 6.38. The monoisotopic (exact) mass is 410 g/mol. The Hall–Kier alpha value is -2.45. The molecule has 1 saturated heterocycles. The molecule has 1 unspecified atom stereocenters. The summed E-state index contributed by atoms with van der Waals surface area (Å²) in [5.74, 6) is -2.58. The molecule has 3 rings (SSSR count). The molecule has 1 N–H and O–H groups in total. The molecule has 142 valence electrons. The summed E-state index contributed by atoms with van der Waals surface area (Å²) in [6, 6.07) is 9.94. The van der Waals surface area contributed by atoms with E-state index in [0.717, 1.165) is 0 Å². The van der Waals surface area contributed by atoms with Gasteiger partial charge in [0.05, 0.1) is 27.9 Å². The molecule has 0 aromatic heterocycles. The van der Waals surface area contributed by atoms with Gasteiger partial charge >= 0.3 is 0 Å². The molecule has 1 fully saturated rings. The molecule has 0 radical (unpaired) electrons. The zero-order valence-corrected chi connectivity index (χ0v) is 15.8. The first-order chi connectivity index (χ1) is 12.7. The van der Waals surface area contributed by atoms with E-state index in [2.05, 4.69) is 5.32 Å². The summed E-state index contributed by atoms with van der Waals surface area (Å²) in [5.41, 5.74) is 0.335. The summed E-state index contributed by atoms with van der Waals surface area (Å²) in [6.07, 6.45) is 0. The van der Waals surface area contributed by atoms with E-state index in [1.807, 2.05) is 0 Å². The Bertz CT molecular complexity index is 1030. The second kappa shape index (κ2) is 7.28. The topological polar surface area (TPSA) is 83.6 Å². The Balaban J connectivity index is 1.86. The van der Waals surface area contributed by atoms with Gasteiger partial charge in [0.1, 0.15) is 5.82 Å². The number of sulfonamides is 1. The van der Waals surface area contributed by atoms with E-state index in [1.54, 1.807) is 6.07 Å². The van der Waals surface area contributed by atoms with Crippen molar-refractivity contribution >= 4 is 39.1 Å². The summed E-state index contributed by atoms with van der Waals surface area (Å²) in [4.78, 5) is 24.7. The second-order valence-corrected chi connectivity index (χ2v) is 8.49. The van der Waals surface area contributed by atoms with Gasteiger partial charge in [-0.2, -0.15) is 0 Å². The van der Waals surface area contributed by atoms with Crippen LogP contribution in [-0.4, -0.2) is 26.0 Å². The maximum absolute atomic E-state index is 13.7.